The molecule has 1 aliphatic rings. The Labute approximate surface area is 162 Å². The highest BCUT2D eigenvalue weighted by atomic mass is 19.1. The molecule has 0 radical (unpaired) electrons. The van der Waals surface area contributed by atoms with Gasteiger partial charge in [-0.15, -0.1) is 0 Å². The number of carbonyl (C=O) groups is 1. The first-order valence-corrected chi connectivity index (χ1v) is 8.93. The maximum atomic E-state index is 13.8. The number of piperidine rings is 1. The van der Waals surface area contributed by atoms with Crippen molar-refractivity contribution in [2.24, 2.45) is 10.7 Å². The number of hydrogen-bond acceptors (Lipinski definition) is 6. The summed E-state index contributed by atoms with van der Waals surface area (Å²) in [6.45, 7) is 7.72. The number of hydrogen-bond donors (Lipinski definition) is 2. The number of aromatic nitrogens is 2. The van der Waals surface area contributed by atoms with Gasteiger partial charge in [0.15, 0.2) is 11.7 Å². The van der Waals surface area contributed by atoms with Gasteiger partial charge in [-0.05, 0) is 25.0 Å². The van der Waals surface area contributed by atoms with Gasteiger partial charge in [0.25, 0.3) is 0 Å². The molecule has 2 aromatic heterocycles. The Morgan fingerprint density at radius 2 is 2.25 bits per heavy atom. The molecule has 1 saturated heterocycles. The van der Waals surface area contributed by atoms with E-state index in [0.29, 0.717) is 41.8 Å². The quantitative estimate of drug-likeness (QED) is 0.785. The van der Waals surface area contributed by atoms with Crippen LogP contribution in [0.15, 0.2) is 40.5 Å². The summed E-state index contributed by atoms with van der Waals surface area (Å²) in [5, 5.41) is 2.69. The van der Waals surface area contributed by atoms with Crippen LogP contribution < -0.4 is 11.1 Å². The van der Waals surface area contributed by atoms with Crippen LogP contribution in [0.1, 0.15) is 23.6 Å². The summed E-state index contributed by atoms with van der Waals surface area (Å²) in [6, 6.07) is 0.693. The average molecular weight is 386 g/mol. The Morgan fingerprint density at radius 1 is 1.46 bits per heavy atom. The number of oxazole rings is 1. The van der Waals surface area contributed by atoms with Crippen LogP contribution in [0.5, 0.6) is 0 Å². The summed E-state index contributed by atoms with van der Waals surface area (Å²) in [5.74, 6) is 1.33. The summed E-state index contributed by atoms with van der Waals surface area (Å²) in [6.07, 6.45) is 3.93. The van der Waals surface area contributed by atoms with Gasteiger partial charge in [-0.3, -0.25) is 5.32 Å². The molecule has 1 aliphatic heterocycles. The number of alkyl halides is 1. The van der Waals surface area contributed by atoms with Gasteiger partial charge in [-0.1, -0.05) is 6.58 Å². The minimum Gasteiger partial charge on any atom is -0.439 e. The molecule has 1 fully saturated rings. The molecule has 0 aromatic carbocycles. The maximum Gasteiger partial charge on any atom is 0.323 e. The Morgan fingerprint density at radius 3 is 2.89 bits per heavy atom. The largest absolute Gasteiger partial charge is 0.439 e. The number of aliphatic imine (C=N–C) groups is 1. The van der Waals surface area contributed by atoms with E-state index in [2.05, 4.69) is 26.9 Å². The summed E-state index contributed by atoms with van der Waals surface area (Å²) >= 11 is 0. The molecular formula is C19H23FN6O2. The highest BCUT2D eigenvalue weighted by molar-refractivity contribution is 6.07. The minimum absolute atomic E-state index is 0.0324. The second-order valence-electron chi connectivity index (χ2n) is 6.65. The molecule has 2 amide bonds. The van der Waals surface area contributed by atoms with E-state index in [0.717, 1.165) is 5.56 Å². The number of carbonyl (C=O) groups excluding carboxylic acids is 1. The van der Waals surface area contributed by atoms with E-state index in [9.17, 15) is 9.18 Å². The number of allylic oxidation sites excluding steroid dienone is 1. The molecule has 0 spiro atoms. The molecule has 0 aliphatic carbocycles. The van der Waals surface area contributed by atoms with Crippen LogP contribution in [-0.4, -0.2) is 51.9 Å². The van der Waals surface area contributed by atoms with E-state index in [1.54, 1.807) is 31.5 Å². The summed E-state index contributed by atoms with van der Waals surface area (Å²) in [5.41, 5.74) is 7.57. The summed E-state index contributed by atoms with van der Waals surface area (Å²) in [7, 11) is 0. The number of halogens is 1. The highest BCUT2D eigenvalue weighted by Crippen LogP contribution is 2.23. The lowest BCUT2D eigenvalue weighted by Crippen LogP contribution is -2.51. The fourth-order valence-corrected chi connectivity index (χ4v) is 2.81. The van der Waals surface area contributed by atoms with Crippen molar-refractivity contribution in [2.45, 2.75) is 32.5 Å². The number of likely N-dealkylation sites (tertiary alicyclic amines) is 1. The van der Waals surface area contributed by atoms with Crippen molar-refractivity contribution in [3.05, 3.63) is 48.3 Å². The van der Waals surface area contributed by atoms with Crippen LogP contribution in [-0.2, 0) is 0 Å². The van der Waals surface area contributed by atoms with Crippen molar-refractivity contribution in [3.63, 3.8) is 0 Å². The molecule has 3 N–H and O–H groups in total. The van der Waals surface area contributed by atoms with E-state index >= 15 is 0 Å². The predicted molar refractivity (Wildman–Crippen MR) is 105 cm³/mol. The van der Waals surface area contributed by atoms with Crippen LogP contribution in [0.25, 0.3) is 0 Å². The summed E-state index contributed by atoms with van der Waals surface area (Å²) < 4.78 is 19.3. The van der Waals surface area contributed by atoms with Crippen molar-refractivity contribution in [3.8, 4) is 0 Å². The number of pyridine rings is 1. The number of nitrogens with zero attached hydrogens (tertiary/aromatic N) is 4. The molecule has 8 nitrogen and oxygen atoms in total. The minimum atomic E-state index is -1.23. The third-order valence-electron chi connectivity index (χ3n) is 4.50. The van der Waals surface area contributed by atoms with Crippen LogP contribution in [0, 0.1) is 13.8 Å². The molecule has 0 saturated carbocycles. The average Bonchev–Trinajstić information content (AvgIpc) is 3.10. The lowest BCUT2D eigenvalue weighted by atomic mass is 10.0. The topological polar surface area (TPSA) is 110 Å². The third-order valence-corrected chi connectivity index (χ3v) is 4.50. The number of aryl methyl sites for hydroxylation is 2. The van der Waals surface area contributed by atoms with Gasteiger partial charge in [-0.25, -0.2) is 24.1 Å². The lowest BCUT2D eigenvalue weighted by Gasteiger charge is -2.32. The van der Waals surface area contributed by atoms with Gasteiger partial charge >= 0.3 is 6.03 Å². The van der Waals surface area contributed by atoms with E-state index in [1.165, 1.54) is 4.90 Å². The zero-order chi connectivity index (χ0) is 20.3. The highest BCUT2D eigenvalue weighted by Gasteiger charge is 2.29. The number of amides is 2. The van der Waals surface area contributed by atoms with E-state index < -0.39 is 18.2 Å². The van der Waals surface area contributed by atoms with Crippen molar-refractivity contribution in [1.29, 1.82) is 0 Å². The van der Waals surface area contributed by atoms with Crippen LogP contribution in [0.3, 0.4) is 0 Å². The molecule has 0 bridgehead atoms. The van der Waals surface area contributed by atoms with Crippen LogP contribution in [0.4, 0.5) is 20.7 Å². The second-order valence-corrected chi connectivity index (χ2v) is 6.65. The van der Waals surface area contributed by atoms with Gasteiger partial charge in [-0.2, -0.15) is 0 Å². The van der Waals surface area contributed by atoms with Gasteiger partial charge in [0.2, 0.25) is 0 Å². The molecule has 28 heavy (non-hydrogen) atoms. The molecule has 148 valence electrons. The second kappa shape index (κ2) is 8.30. The fourth-order valence-electron chi connectivity index (χ4n) is 2.81. The van der Waals surface area contributed by atoms with Crippen molar-refractivity contribution < 1.29 is 13.6 Å². The third kappa shape index (κ3) is 4.42. The Bertz CT molecular complexity index is 910. The predicted octanol–water partition coefficient (Wildman–Crippen LogP) is 2.90. The Kier molecular flexibility index (Phi) is 5.84. The van der Waals surface area contributed by atoms with Gasteiger partial charge in [0, 0.05) is 31.8 Å². The lowest BCUT2D eigenvalue weighted by molar-refractivity contribution is 0.137. The number of anilines is 1. The zero-order valence-electron chi connectivity index (χ0n) is 15.9. The molecule has 0 unspecified atom stereocenters. The Hall–Kier alpha value is -3.07. The molecule has 3 heterocycles. The SMILES string of the molecule is C=C/C(=N\c1cc(NC(=O)N2CC[C@@H](N)[C@H](F)C2)ncc1C)c1cnc(C)o1. The standard InChI is InChI=1S/C19H23FN6O2/c1-4-15(17-9-22-12(3)28-17)24-16-7-18(23-8-11(16)2)25-19(27)26-6-5-14(21)13(20)10-26/h4,7-9,13-14H,1,5-6,10,21H2,2-3H3,(H,23,25,27)/b24-15+/t13-,14-/m1/s1. The fraction of sp³-hybridized carbons (Fsp3) is 0.368. The number of nitrogens with two attached hydrogens (primary N) is 1. The van der Waals surface area contributed by atoms with Crippen molar-refractivity contribution in [2.75, 3.05) is 18.4 Å². The normalized spacial score (nSPS) is 20.1. The van der Waals surface area contributed by atoms with Crippen LogP contribution >= 0.6 is 0 Å². The van der Waals surface area contributed by atoms with Gasteiger partial charge in [0.1, 0.15) is 17.7 Å². The number of urea groups is 1. The zero-order valence-corrected chi connectivity index (χ0v) is 15.9. The molecule has 2 atom stereocenters. The number of rotatable bonds is 4. The maximum absolute atomic E-state index is 13.8. The molecule has 9 heteroatoms. The smallest absolute Gasteiger partial charge is 0.323 e. The molecule has 2 aromatic rings. The van der Waals surface area contributed by atoms with Gasteiger partial charge < -0.3 is 15.1 Å². The van der Waals surface area contributed by atoms with E-state index in [1.807, 2.05) is 6.92 Å². The van der Waals surface area contributed by atoms with E-state index in [-0.39, 0.29) is 6.54 Å². The molecular weight excluding hydrogens is 363 g/mol. The first-order valence-electron chi connectivity index (χ1n) is 8.93. The Balaban J connectivity index is 1.78. The first-order chi connectivity index (χ1) is 13.4. The number of nitrogens with one attached hydrogen (secondary N) is 1. The van der Waals surface area contributed by atoms with Crippen molar-refractivity contribution in [1.82, 2.24) is 14.9 Å². The van der Waals surface area contributed by atoms with Crippen LogP contribution in [0.2, 0.25) is 0 Å². The summed E-state index contributed by atoms with van der Waals surface area (Å²) in [4.78, 5) is 26.6. The van der Waals surface area contributed by atoms with E-state index in [4.69, 9.17) is 10.2 Å². The van der Waals surface area contributed by atoms with Gasteiger partial charge in [0.05, 0.1) is 18.4 Å². The molecule has 3 rings (SSSR count). The monoisotopic (exact) mass is 386 g/mol. The van der Waals surface area contributed by atoms with Crippen molar-refractivity contribution >= 4 is 23.2 Å². The first kappa shape index (κ1) is 19.7.